The molecule has 5 rings (SSSR count). The maximum Gasteiger partial charge on any atom is 0.332 e. The molecule has 1 aromatic carbocycles. The van der Waals surface area contributed by atoms with Crippen LogP contribution in [-0.4, -0.2) is 35.1 Å². The number of benzene rings is 1. The van der Waals surface area contributed by atoms with E-state index in [0.29, 0.717) is 12.1 Å². The minimum absolute atomic E-state index is 0.161. The summed E-state index contributed by atoms with van der Waals surface area (Å²) in [6, 6.07) is 9.39. The largest absolute Gasteiger partial charge is 0.449 e. The number of hydrogen-bond donors (Lipinski definition) is 0. The van der Waals surface area contributed by atoms with Gasteiger partial charge in [-0.25, -0.2) is 4.79 Å². The number of piperidine rings is 1. The quantitative estimate of drug-likeness (QED) is 0.746. The van der Waals surface area contributed by atoms with Gasteiger partial charge in [0, 0.05) is 24.1 Å². The average molecular weight is 307 g/mol. The summed E-state index contributed by atoms with van der Waals surface area (Å²) in [5, 5.41) is 0. The van der Waals surface area contributed by atoms with Gasteiger partial charge in [0.25, 0.3) is 0 Å². The summed E-state index contributed by atoms with van der Waals surface area (Å²) in [5.41, 5.74) is 4.40. The SMILES string of the molecule is Cc1ccc(C2=C[C@@H]3C[C@@]4(OC(=O)C=C24)[C@H]2CCCCN32)cc1. The first kappa shape index (κ1) is 13.6. The molecule has 4 aliphatic rings. The van der Waals surface area contributed by atoms with E-state index in [9.17, 15) is 4.79 Å². The van der Waals surface area contributed by atoms with Crippen LogP contribution >= 0.6 is 0 Å². The van der Waals surface area contributed by atoms with Crippen molar-refractivity contribution < 1.29 is 9.53 Å². The van der Waals surface area contributed by atoms with Crippen LogP contribution in [-0.2, 0) is 9.53 Å². The van der Waals surface area contributed by atoms with E-state index in [-0.39, 0.29) is 5.97 Å². The molecule has 3 atom stereocenters. The lowest BCUT2D eigenvalue weighted by Crippen LogP contribution is -2.48. The normalized spacial score (nSPS) is 35.3. The lowest BCUT2D eigenvalue weighted by atomic mass is 9.75. The van der Waals surface area contributed by atoms with Gasteiger partial charge in [-0.1, -0.05) is 42.3 Å². The topological polar surface area (TPSA) is 29.5 Å². The zero-order valence-corrected chi connectivity index (χ0v) is 13.4. The van der Waals surface area contributed by atoms with E-state index in [2.05, 4.69) is 42.2 Å². The second-order valence-corrected chi connectivity index (χ2v) is 7.34. The first-order chi connectivity index (χ1) is 11.2. The van der Waals surface area contributed by atoms with Crippen molar-refractivity contribution in [2.24, 2.45) is 0 Å². The molecular weight excluding hydrogens is 286 g/mol. The highest BCUT2D eigenvalue weighted by atomic mass is 16.6. The van der Waals surface area contributed by atoms with Gasteiger partial charge in [0.05, 0.1) is 6.04 Å². The Morgan fingerprint density at radius 2 is 2.04 bits per heavy atom. The van der Waals surface area contributed by atoms with Crippen molar-refractivity contribution in [1.29, 1.82) is 0 Å². The predicted molar refractivity (Wildman–Crippen MR) is 88.8 cm³/mol. The van der Waals surface area contributed by atoms with Gasteiger partial charge in [-0.3, -0.25) is 4.90 Å². The molecular formula is C20H21NO2. The van der Waals surface area contributed by atoms with E-state index in [1.54, 1.807) is 6.08 Å². The molecule has 2 bridgehead atoms. The summed E-state index contributed by atoms with van der Waals surface area (Å²) in [4.78, 5) is 14.7. The van der Waals surface area contributed by atoms with Crippen molar-refractivity contribution in [3.05, 3.63) is 53.1 Å². The minimum atomic E-state index is -0.392. The zero-order chi connectivity index (χ0) is 15.6. The lowest BCUT2D eigenvalue weighted by molar-refractivity contribution is -0.148. The third kappa shape index (κ3) is 1.77. The van der Waals surface area contributed by atoms with Gasteiger partial charge in [-0.05, 0) is 37.4 Å². The fraction of sp³-hybridized carbons (Fsp3) is 0.450. The van der Waals surface area contributed by atoms with Crippen LogP contribution in [0.3, 0.4) is 0 Å². The van der Waals surface area contributed by atoms with Crippen molar-refractivity contribution in [2.75, 3.05) is 6.54 Å². The van der Waals surface area contributed by atoms with Gasteiger partial charge in [0.2, 0.25) is 0 Å². The van der Waals surface area contributed by atoms with Crippen LogP contribution in [0.25, 0.3) is 5.57 Å². The van der Waals surface area contributed by atoms with E-state index < -0.39 is 5.60 Å². The summed E-state index contributed by atoms with van der Waals surface area (Å²) >= 11 is 0. The van der Waals surface area contributed by atoms with Crippen LogP contribution in [0.4, 0.5) is 0 Å². The maximum absolute atomic E-state index is 12.2. The van der Waals surface area contributed by atoms with Gasteiger partial charge >= 0.3 is 5.97 Å². The third-order valence-electron chi connectivity index (χ3n) is 6.03. The average Bonchev–Trinajstić information content (AvgIpc) is 3.04. The molecule has 0 radical (unpaired) electrons. The van der Waals surface area contributed by atoms with Crippen molar-refractivity contribution >= 4 is 11.5 Å². The summed E-state index contributed by atoms with van der Waals surface area (Å²) in [6.07, 6.45) is 8.69. The Balaban J connectivity index is 1.67. The fourth-order valence-corrected chi connectivity index (χ4v) is 5.05. The lowest BCUT2D eigenvalue weighted by Gasteiger charge is -2.38. The molecule has 3 aliphatic heterocycles. The molecule has 0 aromatic heterocycles. The summed E-state index contributed by atoms with van der Waals surface area (Å²) < 4.78 is 5.97. The predicted octanol–water partition coefficient (Wildman–Crippen LogP) is 3.24. The Kier molecular flexibility index (Phi) is 2.70. The van der Waals surface area contributed by atoms with Gasteiger partial charge in [0.1, 0.15) is 0 Å². The third-order valence-corrected chi connectivity index (χ3v) is 6.03. The van der Waals surface area contributed by atoms with Crippen molar-refractivity contribution in [3.8, 4) is 0 Å². The van der Waals surface area contributed by atoms with Gasteiger partial charge in [-0.2, -0.15) is 0 Å². The Bertz CT molecular complexity index is 745. The molecule has 2 fully saturated rings. The molecule has 1 aromatic rings. The number of rotatable bonds is 1. The Morgan fingerprint density at radius 1 is 1.22 bits per heavy atom. The van der Waals surface area contributed by atoms with Crippen LogP contribution in [0.1, 0.15) is 36.8 Å². The van der Waals surface area contributed by atoms with Crippen LogP contribution in [0.15, 0.2) is 42.0 Å². The molecule has 3 heteroatoms. The second-order valence-electron chi connectivity index (χ2n) is 7.34. The van der Waals surface area contributed by atoms with Crippen LogP contribution < -0.4 is 0 Å². The summed E-state index contributed by atoms with van der Waals surface area (Å²) in [6.45, 7) is 3.23. The zero-order valence-electron chi connectivity index (χ0n) is 13.4. The molecule has 1 spiro atoms. The number of aryl methyl sites for hydroxylation is 1. The Morgan fingerprint density at radius 3 is 2.87 bits per heavy atom. The molecule has 2 saturated heterocycles. The monoisotopic (exact) mass is 307 g/mol. The molecule has 23 heavy (non-hydrogen) atoms. The number of ether oxygens (including phenoxy) is 1. The number of carbonyl (C=O) groups excluding carboxylic acids is 1. The van der Waals surface area contributed by atoms with E-state index >= 15 is 0 Å². The van der Waals surface area contributed by atoms with Crippen molar-refractivity contribution in [1.82, 2.24) is 4.90 Å². The molecule has 0 unspecified atom stereocenters. The van der Waals surface area contributed by atoms with Crippen LogP contribution in [0.5, 0.6) is 0 Å². The molecule has 3 nitrogen and oxygen atoms in total. The first-order valence-electron chi connectivity index (χ1n) is 8.67. The van der Waals surface area contributed by atoms with Gasteiger partial charge in [0.15, 0.2) is 5.60 Å². The maximum atomic E-state index is 12.2. The van der Waals surface area contributed by atoms with Crippen molar-refractivity contribution in [3.63, 3.8) is 0 Å². The molecule has 0 amide bonds. The standard InChI is InChI=1S/C20H21NO2/c1-13-5-7-14(8-6-13)16-10-15-12-20(17(16)11-19(22)23-20)18-4-2-3-9-21(15)18/h5-8,10-11,15,18H,2-4,9,12H2,1H3/t15-,18-,20+/m1/s1. The van der Waals surface area contributed by atoms with Gasteiger partial charge in [-0.15, -0.1) is 0 Å². The highest BCUT2D eigenvalue weighted by Gasteiger charge is 2.61. The molecule has 118 valence electrons. The number of nitrogens with zero attached hydrogens (tertiary/aromatic N) is 1. The van der Waals surface area contributed by atoms with Crippen molar-refractivity contribution in [2.45, 2.75) is 50.3 Å². The Hall–Kier alpha value is -1.87. The van der Waals surface area contributed by atoms with Gasteiger partial charge < -0.3 is 4.74 Å². The highest BCUT2D eigenvalue weighted by molar-refractivity contribution is 5.97. The van der Waals surface area contributed by atoms with E-state index in [1.165, 1.54) is 29.5 Å². The molecule has 0 N–H and O–H groups in total. The number of carbonyl (C=O) groups is 1. The second kappa shape index (κ2) is 4.57. The summed E-state index contributed by atoms with van der Waals surface area (Å²) in [7, 11) is 0. The first-order valence-corrected chi connectivity index (χ1v) is 8.67. The number of fused-ring (bicyclic) bond motifs is 3. The highest BCUT2D eigenvalue weighted by Crippen LogP contribution is 2.55. The molecule has 1 aliphatic carbocycles. The number of esters is 1. The molecule has 3 heterocycles. The smallest absolute Gasteiger partial charge is 0.332 e. The van der Waals surface area contributed by atoms with Crippen LogP contribution in [0, 0.1) is 6.92 Å². The van der Waals surface area contributed by atoms with E-state index in [1.807, 2.05) is 0 Å². The Labute approximate surface area is 136 Å². The minimum Gasteiger partial charge on any atom is -0.449 e. The fourth-order valence-electron chi connectivity index (χ4n) is 5.05. The van der Waals surface area contributed by atoms with Crippen LogP contribution in [0.2, 0.25) is 0 Å². The summed E-state index contributed by atoms with van der Waals surface area (Å²) in [5.74, 6) is -0.161. The number of hydrogen-bond acceptors (Lipinski definition) is 3. The van der Waals surface area contributed by atoms with E-state index in [0.717, 1.165) is 25.0 Å². The molecule has 0 saturated carbocycles. The van der Waals surface area contributed by atoms with E-state index in [4.69, 9.17) is 4.74 Å².